The van der Waals surface area contributed by atoms with Gasteiger partial charge in [0.05, 0.1) is 17.7 Å². The molecule has 1 rings (SSSR count). The van der Waals surface area contributed by atoms with Crippen LogP contribution < -0.4 is 0 Å². The molecule has 0 fully saturated rings. The lowest BCUT2D eigenvalue weighted by Gasteiger charge is -2.10. The predicted octanol–water partition coefficient (Wildman–Crippen LogP) is 3.44. The summed E-state index contributed by atoms with van der Waals surface area (Å²) < 4.78 is 29.9. The van der Waals surface area contributed by atoms with Crippen molar-refractivity contribution in [3.05, 3.63) is 33.3 Å². The number of carbonyl (C=O) groups excluding carboxylic acids is 1. The fourth-order valence-corrected chi connectivity index (χ4v) is 1.94. The Morgan fingerprint density at radius 2 is 2.24 bits per heavy atom. The summed E-state index contributed by atoms with van der Waals surface area (Å²) in [5.74, 6) is -0.793. The number of halogens is 3. The minimum Gasteiger partial charge on any atom is -0.462 e. The van der Waals surface area contributed by atoms with Gasteiger partial charge in [0.2, 0.25) is 0 Å². The van der Waals surface area contributed by atoms with Crippen molar-refractivity contribution < 1.29 is 18.3 Å². The highest BCUT2D eigenvalue weighted by Crippen LogP contribution is 2.32. The van der Waals surface area contributed by atoms with Crippen molar-refractivity contribution in [2.75, 3.05) is 6.61 Å². The monoisotopic (exact) mass is 303 g/mol. The molecular weight excluding hydrogens is 296 g/mol. The molecule has 0 spiro atoms. The quantitative estimate of drug-likeness (QED) is 0.804. The fraction of sp³-hybridized carbons (Fsp3) is 0.273. The lowest BCUT2D eigenvalue weighted by Crippen LogP contribution is -2.09. The molecule has 3 nitrogen and oxygen atoms in total. The van der Waals surface area contributed by atoms with Crippen LogP contribution in [0.5, 0.6) is 0 Å². The first kappa shape index (κ1) is 13.6. The third-order valence-electron chi connectivity index (χ3n) is 2.01. The van der Waals surface area contributed by atoms with Crippen LogP contribution in [-0.2, 0) is 4.74 Å². The smallest absolute Gasteiger partial charge is 0.340 e. The molecule has 0 saturated carbocycles. The second-order valence-electron chi connectivity index (χ2n) is 3.02. The van der Waals surface area contributed by atoms with Gasteiger partial charge in [-0.05, 0) is 28.9 Å². The summed E-state index contributed by atoms with van der Waals surface area (Å²) in [6, 6.07) is 4.05. The second kappa shape index (κ2) is 5.73. The molecular formula is C11H8BrF2NO2. The molecule has 17 heavy (non-hydrogen) atoms. The first-order valence-corrected chi connectivity index (χ1v) is 5.50. The molecule has 0 aromatic heterocycles. The lowest BCUT2D eigenvalue weighted by atomic mass is 10.0. The first-order chi connectivity index (χ1) is 8.02. The summed E-state index contributed by atoms with van der Waals surface area (Å²) in [6.07, 6.45) is -2.73. The van der Waals surface area contributed by atoms with Gasteiger partial charge in [0, 0.05) is 10.0 Å². The van der Waals surface area contributed by atoms with Crippen LogP contribution in [0.4, 0.5) is 8.78 Å². The molecule has 0 aliphatic heterocycles. The minimum atomic E-state index is -2.73. The number of ether oxygens (including phenoxy) is 1. The maximum atomic E-state index is 12.6. The van der Waals surface area contributed by atoms with Crippen LogP contribution in [0.25, 0.3) is 0 Å². The number of nitriles is 1. The van der Waals surface area contributed by atoms with E-state index in [4.69, 9.17) is 10.00 Å². The molecule has 0 bridgehead atoms. The van der Waals surface area contributed by atoms with E-state index < -0.39 is 12.4 Å². The van der Waals surface area contributed by atoms with Crippen LogP contribution in [0.15, 0.2) is 16.6 Å². The Bertz CT molecular complexity index is 483. The maximum Gasteiger partial charge on any atom is 0.340 e. The van der Waals surface area contributed by atoms with Gasteiger partial charge in [-0.2, -0.15) is 5.26 Å². The van der Waals surface area contributed by atoms with Crippen LogP contribution >= 0.6 is 15.9 Å². The number of benzene rings is 1. The predicted molar refractivity (Wildman–Crippen MR) is 59.8 cm³/mol. The molecule has 1 aromatic carbocycles. The van der Waals surface area contributed by atoms with Crippen LogP contribution in [0.3, 0.4) is 0 Å². The van der Waals surface area contributed by atoms with Crippen LogP contribution in [-0.4, -0.2) is 12.6 Å². The maximum absolute atomic E-state index is 12.6. The molecule has 0 N–H and O–H groups in total. The SMILES string of the molecule is CCOC(=O)c1c(C#N)ccc(C(F)F)c1Br. The van der Waals surface area contributed by atoms with E-state index in [9.17, 15) is 13.6 Å². The van der Waals surface area contributed by atoms with Gasteiger partial charge in [-0.1, -0.05) is 6.07 Å². The van der Waals surface area contributed by atoms with E-state index in [1.165, 1.54) is 6.07 Å². The van der Waals surface area contributed by atoms with E-state index in [0.717, 1.165) is 6.07 Å². The van der Waals surface area contributed by atoms with Gasteiger partial charge < -0.3 is 4.74 Å². The van der Waals surface area contributed by atoms with Crippen molar-refractivity contribution in [3.8, 4) is 6.07 Å². The molecule has 0 radical (unpaired) electrons. The Morgan fingerprint density at radius 1 is 1.59 bits per heavy atom. The normalized spacial score (nSPS) is 10.1. The van der Waals surface area contributed by atoms with Gasteiger partial charge in [-0.25, -0.2) is 13.6 Å². The van der Waals surface area contributed by atoms with E-state index in [0.29, 0.717) is 0 Å². The molecule has 0 aliphatic rings. The van der Waals surface area contributed by atoms with E-state index >= 15 is 0 Å². The van der Waals surface area contributed by atoms with E-state index in [1.807, 2.05) is 0 Å². The molecule has 0 atom stereocenters. The Labute approximate surface area is 105 Å². The van der Waals surface area contributed by atoms with E-state index in [-0.39, 0.29) is 27.8 Å². The standard InChI is InChI=1S/C11H8BrF2NO2/c1-2-17-11(16)8-6(5-15)3-4-7(9(8)12)10(13)14/h3-4,10H,2H2,1H3. The molecule has 0 heterocycles. The summed E-state index contributed by atoms with van der Waals surface area (Å²) in [7, 11) is 0. The van der Waals surface area contributed by atoms with Crippen LogP contribution in [0, 0.1) is 11.3 Å². The highest BCUT2D eigenvalue weighted by molar-refractivity contribution is 9.10. The molecule has 0 unspecified atom stereocenters. The molecule has 0 amide bonds. The lowest BCUT2D eigenvalue weighted by molar-refractivity contribution is 0.0524. The average molecular weight is 304 g/mol. The second-order valence-corrected chi connectivity index (χ2v) is 3.82. The molecule has 1 aromatic rings. The zero-order chi connectivity index (χ0) is 13.0. The molecule has 0 aliphatic carbocycles. The van der Waals surface area contributed by atoms with Gasteiger partial charge in [0.1, 0.15) is 6.07 Å². The highest BCUT2D eigenvalue weighted by Gasteiger charge is 2.22. The number of nitrogens with zero attached hydrogens (tertiary/aromatic N) is 1. The van der Waals surface area contributed by atoms with Crippen LogP contribution in [0.2, 0.25) is 0 Å². The topological polar surface area (TPSA) is 50.1 Å². The number of hydrogen-bond acceptors (Lipinski definition) is 3. The Balaban J connectivity index is 3.39. The van der Waals surface area contributed by atoms with Gasteiger partial charge in [-0.3, -0.25) is 0 Å². The van der Waals surface area contributed by atoms with Gasteiger partial charge in [0.15, 0.2) is 0 Å². The third-order valence-corrected chi connectivity index (χ3v) is 2.86. The van der Waals surface area contributed by atoms with Gasteiger partial charge >= 0.3 is 5.97 Å². The zero-order valence-electron chi connectivity index (χ0n) is 8.84. The summed E-state index contributed by atoms with van der Waals surface area (Å²) in [5, 5.41) is 8.82. The Hall–Kier alpha value is -1.48. The Morgan fingerprint density at radius 3 is 2.71 bits per heavy atom. The number of alkyl halides is 2. The molecule has 6 heteroatoms. The van der Waals surface area contributed by atoms with Crippen molar-refractivity contribution in [1.29, 1.82) is 5.26 Å². The van der Waals surface area contributed by atoms with Crippen LogP contribution in [0.1, 0.15) is 34.8 Å². The largest absolute Gasteiger partial charge is 0.462 e. The van der Waals surface area contributed by atoms with Crippen molar-refractivity contribution in [3.63, 3.8) is 0 Å². The van der Waals surface area contributed by atoms with Gasteiger partial charge in [0.25, 0.3) is 6.43 Å². The summed E-state index contributed by atoms with van der Waals surface area (Å²) in [4.78, 5) is 11.6. The van der Waals surface area contributed by atoms with Crippen molar-refractivity contribution >= 4 is 21.9 Å². The van der Waals surface area contributed by atoms with Crippen molar-refractivity contribution in [2.45, 2.75) is 13.3 Å². The number of hydrogen-bond donors (Lipinski definition) is 0. The summed E-state index contributed by atoms with van der Waals surface area (Å²) in [6.45, 7) is 1.70. The Kier molecular flexibility index (Phi) is 4.58. The average Bonchev–Trinajstić information content (AvgIpc) is 2.27. The van der Waals surface area contributed by atoms with E-state index in [1.54, 1.807) is 13.0 Å². The van der Waals surface area contributed by atoms with Gasteiger partial charge in [-0.15, -0.1) is 0 Å². The van der Waals surface area contributed by atoms with Crippen molar-refractivity contribution in [2.24, 2.45) is 0 Å². The van der Waals surface area contributed by atoms with E-state index in [2.05, 4.69) is 15.9 Å². The first-order valence-electron chi connectivity index (χ1n) is 4.70. The fourth-order valence-electron chi connectivity index (χ4n) is 1.26. The summed E-state index contributed by atoms with van der Waals surface area (Å²) >= 11 is 2.91. The minimum absolute atomic E-state index is 0.000255. The molecule has 0 saturated heterocycles. The zero-order valence-corrected chi connectivity index (χ0v) is 10.4. The number of esters is 1. The number of rotatable bonds is 3. The summed E-state index contributed by atoms with van der Waals surface area (Å²) in [5.41, 5.74) is -0.501. The molecule has 90 valence electrons. The third kappa shape index (κ3) is 2.80. The van der Waals surface area contributed by atoms with Crippen molar-refractivity contribution in [1.82, 2.24) is 0 Å². The number of carbonyl (C=O) groups is 1. The highest BCUT2D eigenvalue weighted by atomic mass is 79.9.